The Morgan fingerprint density at radius 1 is 1.16 bits per heavy atom. The Bertz CT molecular complexity index is 832. The number of amides is 2. The summed E-state index contributed by atoms with van der Waals surface area (Å²) in [7, 11) is 0. The van der Waals surface area contributed by atoms with Gasteiger partial charge in [0.05, 0.1) is 23.1 Å². The zero-order valence-corrected chi connectivity index (χ0v) is 14.5. The van der Waals surface area contributed by atoms with Gasteiger partial charge in [0.1, 0.15) is 0 Å². The van der Waals surface area contributed by atoms with Gasteiger partial charge in [-0.25, -0.2) is 4.98 Å². The zero-order valence-electron chi connectivity index (χ0n) is 13.6. The lowest BCUT2D eigenvalue weighted by Gasteiger charge is -2.11. The number of hydrogen-bond acceptors (Lipinski definition) is 5. The van der Waals surface area contributed by atoms with Crippen LogP contribution >= 0.6 is 11.3 Å². The van der Waals surface area contributed by atoms with E-state index >= 15 is 0 Å². The summed E-state index contributed by atoms with van der Waals surface area (Å²) in [5.41, 5.74) is 0.0263. The fourth-order valence-electron chi connectivity index (χ4n) is 3.04. The van der Waals surface area contributed by atoms with Crippen LogP contribution in [0.3, 0.4) is 0 Å². The third-order valence-electron chi connectivity index (χ3n) is 4.46. The number of benzene rings is 1. The SMILES string of the molecule is CC1(C)[C@H](C(=O)O)[C@@H]1C(=O)Nc1ccccc1C(=O)Nc1nccs1. The Morgan fingerprint density at radius 2 is 1.88 bits per heavy atom. The van der Waals surface area contributed by atoms with Crippen molar-refractivity contribution in [2.24, 2.45) is 17.3 Å². The summed E-state index contributed by atoms with van der Waals surface area (Å²) in [6.07, 6.45) is 1.58. The second-order valence-electron chi connectivity index (χ2n) is 6.44. The van der Waals surface area contributed by atoms with Crippen LogP contribution in [0, 0.1) is 17.3 Å². The van der Waals surface area contributed by atoms with E-state index in [0.29, 0.717) is 10.8 Å². The Hall–Kier alpha value is -2.74. The molecule has 1 aliphatic carbocycles. The van der Waals surface area contributed by atoms with Crippen LogP contribution in [0.2, 0.25) is 0 Å². The van der Waals surface area contributed by atoms with Gasteiger partial charge in [-0.3, -0.25) is 19.7 Å². The predicted octanol–water partition coefficient (Wildman–Crippen LogP) is 2.69. The first-order chi connectivity index (χ1) is 11.8. The monoisotopic (exact) mass is 359 g/mol. The van der Waals surface area contributed by atoms with Crippen LogP contribution in [0.4, 0.5) is 10.8 Å². The second kappa shape index (κ2) is 6.29. The molecule has 0 bridgehead atoms. The molecule has 8 heteroatoms. The maximum Gasteiger partial charge on any atom is 0.307 e. The molecule has 130 valence electrons. The van der Waals surface area contributed by atoms with E-state index in [2.05, 4.69) is 15.6 Å². The van der Waals surface area contributed by atoms with E-state index in [4.69, 9.17) is 0 Å². The van der Waals surface area contributed by atoms with Crippen LogP contribution in [0.1, 0.15) is 24.2 Å². The van der Waals surface area contributed by atoms with Crippen LogP contribution in [-0.4, -0.2) is 27.9 Å². The molecular formula is C17H17N3O4S. The smallest absolute Gasteiger partial charge is 0.307 e. The first-order valence-electron chi connectivity index (χ1n) is 7.66. The minimum atomic E-state index is -0.986. The number of hydrogen-bond donors (Lipinski definition) is 3. The molecule has 2 atom stereocenters. The van der Waals surface area contributed by atoms with Crippen LogP contribution in [0.5, 0.6) is 0 Å². The number of carbonyl (C=O) groups is 3. The van der Waals surface area contributed by atoms with Crippen molar-refractivity contribution >= 4 is 39.9 Å². The molecule has 25 heavy (non-hydrogen) atoms. The summed E-state index contributed by atoms with van der Waals surface area (Å²) < 4.78 is 0. The molecule has 1 fully saturated rings. The summed E-state index contributed by atoms with van der Waals surface area (Å²) in [4.78, 5) is 40.1. The van der Waals surface area contributed by atoms with Crippen LogP contribution in [-0.2, 0) is 9.59 Å². The number of anilines is 2. The van der Waals surface area contributed by atoms with E-state index in [1.54, 1.807) is 49.7 Å². The molecule has 1 aromatic heterocycles. The highest BCUT2D eigenvalue weighted by molar-refractivity contribution is 7.13. The molecule has 0 unspecified atom stereocenters. The van der Waals surface area contributed by atoms with Gasteiger partial charge in [-0.1, -0.05) is 26.0 Å². The molecule has 7 nitrogen and oxygen atoms in total. The molecule has 3 rings (SSSR count). The fraction of sp³-hybridized carbons (Fsp3) is 0.294. The first kappa shape index (κ1) is 17.1. The molecule has 1 aliphatic rings. The van der Waals surface area contributed by atoms with Gasteiger partial charge < -0.3 is 10.4 Å². The van der Waals surface area contributed by atoms with Gasteiger partial charge in [-0.15, -0.1) is 11.3 Å². The number of carbonyl (C=O) groups excluding carboxylic acids is 2. The average Bonchev–Trinajstić information content (AvgIpc) is 2.88. The third-order valence-corrected chi connectivity index (χ3v) is 5.15. The van der Waals surface area contributed by atoms with Gasteiger partial charge in [-0.2, -0.15) is 0 Å². The Morgan fingerprint density at radius 3 is 2.48 bits per heavy atom. The summed E-state index contributed by atoms with van der Waals surface area (Å²) >= 11 is 1.29. The molecule has 0 radical (unpaired) electrons. The number of carboxylic acid groups (broad SMARTS) is 1. The van der Waals surface area contributed by atoms with E-state index in [0.717, 1.165) is 0 Å². The highest BCUT2D eigenvalue weighted by atomic mass is 32.1. The van der Waals surface area contributed by atoms with Crippen molar-refractivity contribution < 1.29 is 19.5 Å². The maximum atomic E-state index is 12.5. The van der Waals surface area contributed by atoms with E-state index in [1.165, 1.54) is 11.3 Å². The normalized spacial score (nSPS) is 20.6. The van der Waals surface area contributed by atoms with Crippen LogP contribution in [0.25, 0.3) is 0 Å². The quantitative estimate of drug-likeness (QED) is 0.760. The van der Waals surface area contributed by atoms with Crippen molar-refractivity contribution in [3.8, 4) is 0 Å². The Labute approximate surface area is 148 Å². The summed E-state index contributed by atoms with van der Waals surface area (Å²) in [5, 5.41) is 16.8. The van der Waals surface area contributed by atoms with E-state index in [-0.39, 0.29) is 5.56 Å². The molecule has 0 aliphatic heterocycles. The first-order valence-corrected chi connectivity index (χ1v) is 8.54. The van der Waals surface area contributed by atoms with Crippen molar-refractivity contribution in [3.05, 3.63) is 41.4 Å². The van der Waals surface area contributed by atoms with E-state index < -0.39 is 35.0 Å². The number of nitrogens with zero attached hydrogens (tertiary/aromatic N) is 1. The number of para-hydroxylation sites is 1. The predicted molar refractivity (Wildman–Crippen MR) is 93.5 cm³/mol. The second-order valence-corrected chi connectivity index (χ2v) is 7.34. The van der Waals surface area contributed by atoms with Gasteiger partial charge in [0, 0.05) is 11.6 Å². The van der Waals surface area contributed by atoms with Crippen molar-refractivity contribution in [1.29, 1.82) is 0 Å². The zero-order chi connectivity index (χ0) is 18.2. The fourth-order valence-corrected chi connectivity index (χ4v) is 3.56. The van der Waals surface area contributed by atoms with E-state index in [1.807, 2.05) is 0 Å². The Kier molecular flexibility index (Phi) is 4.30. The summed E-state index contributed by atoms with van der Waals surface area (Å²) in [5.74, 6) is -3.12. The molecule has 1 heterocycles. The van der Waals surface area contributed by atoms with Crippen LogP contribution in [0.15, 0.2) is 35.8 Å². The molecule has 2 aromatic rings. The number of aliphatic carboxylic acids is 1. The van der Waals surface area contributed by atoms with Crippen molar-refractivity contribution in [1.82, 2.24) is 4.98 Å². The number of rotatable bonds is 5. The lowest BCUT2D eigenvalue weighted by molar-refractivity contribution is -0.140. The average molecular weight is 359 g/mol. The summed E-state index contributed by atoms with van der Waals surface area (Å²) in [6.45, 7) is 3.49. The number of thiazole rings is 1. The lowest BCUT2D eigenvalue weighted by atomic mass is 10.1. The third kappa shape index (κ3) is 3.25. The molecule has 2 amide bonds. The largest absolute Gasteiger partial charge is 0.481 e. The van der Waals surface area contributed by atoms with E-state index in [9.17, 15) is 19.5 Å². The molecule has 0 spiro atoms. The van der Waals surface area contributed by atoms with Gasteiger partial charge >= 0.3 is 5.97 Å². The van der Waals surface area contributed by atoms with Crippen molar-refractivity contribution in [3.63, 3.8) is 0 Å². The molecule has 3 N–H and O–H groups in total. The summed E-state index contributed by atoms with van der Waals surface area (Å²) in [6, 6.07) is 6.58. The van der Waals surface area contributed by atoms with Gasteiger partial charge in [-0.05, 0) is 17.5 Å². The lowest BCUT2D eigenvalue weighted by Crippen LogP contribution is -2.21. The Balaban J connectivity index is 1.76. The number of nitrogens with one attached hydrogen (secondary N) is 2. The van der Waals surface area contributed by atoms with Gasteiger partial charge in [0.25, 0.3) is 5.91 Å². The van der Waals surface area contributed by atoms with Gasteiger partial charge in [0.15, 0.2) is 5.13 Å². The molecular weight excluding hydrogens is 342 g/mol. The van der Waals surface area contributed by atoms with Crippen molar-refractivity contribution in [2.45, 2.75) is 13.8 Å². The number of aromatic nitrogens is 1. The topological polar surface area (TPSA) is 108 Å². The van der Waals surface area contributed by atoms with Crippen LogP contribution < -0.4 is 10.6 Å². The molecule has 1 saturated carbocycles. The maximum absolute atomic E-state index is 12.5. The molecule has 0 saturated heterocycles. The minimum absolute atomic E-state index is 0.288. The highest BCUT2D eigenvalue weighted by Crippen LogP contribution is 2.58. The minimum Gasteiger partial charge on any atom is -0.481 e. The molecule has 1 aromatic carbocycles. The highest BCUT2D eigenvalue weighted by Gasteiger charge is 2.65. The number of carboxylic acids is 1. The van der Waals surface area contributed by atoms with Crippen molar-refractivity contribution in [2.75, 3.05) is 10.6 Å². The standard InChI is InChI=1S/C17H17N3O4S/c1-17(2)11(12(17)15(23)24)14(22)19-10-6-4-3-5-9(10)13(21)20-16-18-7-8-25-16/h3-8,11-12H,1-2H3,(H,19,22)(H,23,24)(H,18,20,21)/t11-,12+/m1/s1. The van der Waals surface area contributed by atoms with Gasteiger partial charge in [0.2, 0.25) is 5.91 Å².